The molecule has 1 amide bonds. The number of aliphatic hydroxyl groups excluding tert-OH is 1. The van der Waals surface area contributed by atoms with Gasteiger partial charge in [0.2, 0.25) is 5.91 Å². The van der Waals surface area contributed by atoms with Crippen LogP contribution in [0.4, 0.5) is 0 Å². The number of hydrogen-bond donors (Lipinski definition) is 2. The fourth-order valence-corrected chi connectivity index (χ4v) is 2.06. The van der Waals surface area contributed by atoms with Crippen molar-refractivity contribution in [1.29, 1.82) is 0 Å². The van der Waals surface area contributed by atoms with E-state index in [0.29, 0.717) is 18.9 Å². The van der Waals surface area contributed by atoms with Crippen LogP contribution in [0.5, 0.6) is 0 Å². The maximum atomic E-state index is 11.4. The van der Waals surface area contributed by atoms with Gasteiger partial charge in [-0.25, -0.2) is 0 Å². The van der Waals surface area contributed by atoms with Gasteiger partial charge in [0.25, 0.3) is 0 Å². The highest BCUT2D eigenvalue weighted by Gasteiger charge is 2.03. The number of hydrogen-bond acceptors (Lipinski definition) is 4. The monoisotopic (exact) mass is 269 g/mol. The highest BCUT2D eigenvalue weighted by atomic mass is 32.2. The van der Waals surface area contributed by atoms with E-state index in [1.807, 2.05) is 24.3 Å². The summed E-state index contributed by atoms with van der Waals surface area (Å²) in [6.07, 6.45) is -0.457. The van der Waals surface area contributed by atoms with Crippen LogP contribution in [0.15, 0.2) is 29.2 Å². The molecule has 1 atom stereocenters. The molecule has 1 unspecified atom stereocenters. The van der Waals surface area contributed by atoms with Crippen molar-refractivity contribution in [3.05, 3.63) is 29.8 Å². The molecule has 2 N–H and O–H groups in total. The number of benzene rings is 1. The SMILES string of the molecule is COCCNC(=O)CSc1ccc(C(C)O)cc1. The first-order valence-corrected chi connectivity index (χ1v) is 6.78. The Morgan fingerprint density at radius 1 is 1.44 bits per heavy atom. The van der Waals surface area contributed by atoms with Gasteiger partial charge < -0.3 is 15.2 Å². The van der Waals surface area contributed by atoms with Crippen LogP contribution in [0.25, 0.3) is 0 Å². The zero-order valence-corrected chi connectivity index (χ0v) is 11.5. The summed E-state index contributed by atoms with van der Waals surface area (Å²) in [6.45, 7) is 2.79. The summed E-state index contributed by atoms with van der Waals surface area (Å²) < 4.78 is 4.85. The molecular weight excluding hydrogens is 250 g/mol. The molecule has 1 aromatic rings. The first kappa shape index (κ1) is 15.0. The lowest BCUT2D eigenvalue weighted by Crippen LogP contribution is -2.28. The quantitative estimate of drug-likeness (QED) is 0.583. The number of rotatable bonds is 7. The molecule has 4 nitrogen and oxygen atoms in total. The molecule has 0 spiro atoms. The van der Waals surface area contributed by atoms with Gasteiger partial charge in [-0.15, -0.1) is 11.8 Å². The third kappa shape index (κ3) is 5.53. The molecule has 0 fully saturated rings. The van der Waals surface area contributed by atoms with Crippen molar-refractivity contribution in [1.82, 2.24) is 5.32 Å². The van der Waals surface area contributed by atoms with Gasteiger partial charge in [0.15, 0.2) is 0 Å². The molecule has 100 valence electrons. The standard InChI is InChI=1S/C13H19NO3S/c1-10(15)11-3-5-12(6-4-11)18-9-13(16)14-7-8-17-2/h3-6,10,15H,7-9H2,1-2H3,(H,14,16). The average Bonchev–Trinajstić information content (AvgIpc) is 2.37. The second-order valence-electron chi connectivity index (χ2n) is 3.88. The van der Waals surface area contributed by atoms with E-state index in [1.54, 1.807) is 14.0 Å². The lowest BCUT2D eigenvalue weighted by atomic mass is 10.1. The molecule has 1 rings (SSSR count). The number of aliphatic hydroxyl groups is 1. The van der Waals surface area contributed by atoms with Crippen molar-refractivity contribution in [2.45, 2.75) is 17.9 Å². The summed E-state index contributed by atoms with van der Waals surface area (Å²) in [5.74, 6) is 0.384. The minimum atomic E-state index is -0.457. The molecule has 0 heterocycles. The van der Waals surface area contributed by atoms with Crippen molar-refractivity contribution in [3.8, 4) is 0 Å². The van der Waals surface area contributed by atoms with Crippen molar-refractivity contribution in [2.75, 3.05) is 26.0 Å². The van der Waals surface area contributed by atoms with Gasteiger partial charge in [0, 0.05) is 18.6 Å². The van der Waals surface area contributed by atoms with Crippen molar-refractivity contribution in [3.63, 3.8) is 0 Å². The van der Waals surface area contributed by atoms with Crippen molar-refractivity contribution in [2.24, 2.45) is 0 Å². The van der Waals surface area contributed by atoms with Gasteiger partial charge in [-0.05, 0) is 24.6 Å². The Kier molecular flexibility index (Phi) is 6.78. The topological polar surface area (TPSA) is 58.6 Å². The summed E-state index contributed by atoms with van der Waals surface area (Å²) in [5.41, 5.74) is 0.879. The molecule has 5 heteroatoms. The second-order valence-corrected chi connectivity index (χ2v) is 4.93. The molecule has 0 radical (unpaired) electrons. The number of ether oxygens (including phenoxy) is 1. The lowest BCUT2D eigenvalue weighted by molar-refractivity contribution is -0.118. The number of carbonyl (C=O) groups is 1. The minimum Gasteiger partial charge on any atom is -0.389 e. The zero-order valence-electron chi connectivity index (χ0n) is 10.7. The van der Waals surface area contributed by atoms with E-state index in [2.05, 4.69) is 5.32 Å². The molecule has 0 aromatic heterocycles. The molecule has 0 saturated carbocycles. The molecular formula is C13H19NO3S. The zero-order chi connectivity index (χ0) is 13.4. The van der Waals surface area contributed by atoms with E-state index in [-0.39, 0.29) is 5.91 Å². The number of carbonyl (C=O) groups excluding carboxylic acids is 1. The highest BCUT2D eigenvalue weighted by molar-refractivity contribution is 8.00. The van der Waals surface area contributed by atoms with E-state index in [0.717, 1.165) is 10.5 Å². The van der Waals surface area contributed by atoms with Gasteiger partial charge in [0.05, 0.1) is 18.5 Å². The molecule has 0 saturated heterocycles. The van der Waals surface area contributed by atoms with E-state index in [1.165, 1.54) is 11.8 Å². The summed E-state index contributed by atoms with van der Waals surface area (Å²) >= 11 is 1.47. The largest absolute Gasteiger partial charge is 0.389 e. The number of methoxy groups -OCH3 is 1. The third-order valence-corrected chi connectivity index (χ3v) is 3.37. The van der Waals surface area contributed by atoms with Gasteiger partial charge in [-0.3, -0.25) is 4.79 Å². The first-order valence-electron chi connectivity index (χ1n) is 5.80. The predicted octanol–water partition coefficient (Wildman–Crippen LogP) is 1.59. The highest BCUT2D eigenvalue weighted by Crippen LogP contribution is 2.20. The molecule has 0 aliphatic heterocycles. The summed E-state index contributed by atoms with van der Waals surface area (Å²) in [4.78, 5) is 12.5. The van der Waals surface area contributed by atoms with Crippen LogP contribution >= 0.6 is 11.8 Å². The maximum absolute atomic E-state index is 11.4. The Labute approximate surface area is 112 Å². The number of thioether (sulfide) groups is 1. The molecule has 0 aliphatic rings. The van der Waals surface area contributed by atoms with Crippen LogP contribution in [0.3, 0.4) is 0 Å². The van der Waals surface area contributed by atoms with Crippen LogP contribution < -0.4 is 5.32 Å². The van der Waals surface area contributed by atoms with Crippen molar-refractivity contribution >= 4 is 17.7 Å². The van der Waals surface area contributed by atoms with Crippen LogP contribution in [0.2, 0.25) is 0 Å². The molecule has 18 heavy (non-hydrogen) atoms. The summed E-state index contributed by atoms with van der Waals surface area (Å²) in [6, 6.07) is 7.57. The van der Waals surface area contributed by atoms with E-state index >= 15 is 0 Å². The normalized spacial score (nSPS) is 12.2. The summed E-state index contributed by atoms with van der Waals surface area (Å²) in [5, 5.41) is 12.1. The molecule has 0 bridgehead atoms. The maximum Gasteiger partial charge on any atom is 0.230 e. The Bertz CT molecular complexity index is 365. The third-order valence-electron chi connectivity index (χ3n) is 2.36. The van der Waals surface area contributed by atoms with Crippen molar-refractivity contribution < 1.29 is 14.6 Å². The summed E-state index contributed by atoms with van der Waals surface area (Å²) in [7, 11) is 1.60. The van der Waals surface area contributed by atoms with Gasteiger partial charge >= 0.3 is 0 Å². The predicted molar refractivity (Wildman–Crippen MR) is 72.7 cm³/mol. The Balaban J connectivity index is 2.32. The average molecular weight is 269 g/mol. The number of amides is 1. The fourth-order valence-electron chi connectivity index (χ4n) is 1.33. The lowest BCUT2D eigenvalue weighted by Gasteiger charge is -2.06. The van der Waals surface area contributed by atoms with Crippen LogP contribution in [0.1, 0.15) is 18.6 Å². The van der Waals surface area contributed by atoms with Crippen LogP contribution in [-0.4, -0.2) is 37.0 Å². The van der Waals surface area contributed by atoms with Crippen LogP contribution in [0, 0.1) is 0 Å². The second kappa shape index (κ2) is 8.13. The molecule has 1 aromatic carbocycles. The molecule has 0 aliphatic carbocycles. The first-order chi connectivity index (χ1) is 8.63. The van der Waals surface area contributed by atoms with E-state index < -0.39 is 6.10 Å². The van der Waals surface area contributed by atoms with E-state index in [4.69, 9.17) is 4.74 Å². The minimum absolute atomic E-state index is 0.00310. The Morgan fingerprint density at radius 2 is 2.11 bits per heavy atom. The number of nitrogens with one attached hydrogen (secondary N) is 1. The van der Waals surface area contributed by atoms with Gasteiger partial charge in [-0.1, -0.05) is 12.1 Å². The van der Waals surface area contributed by atoms with E-state index in [9.17, 15) is 9.90 Å². The fraction of sp³-hybridized carbons (Fsp3) is 0.462. The van der Waals surface area contributed by atoms with Crippen LogP contribution in [-0.2, 0) is 9.53 Å². The Morgan fingerprint density at radius 3 is 2.67 bits per heavy atom. The van der Waals surface area contributed by atoms with Gasteiger partial charge in [-0.2, -0.15) is 0 Å². The smallest absolute Gasteiger partial charge is 0.230 e. The Hall–Kier alpha value is -1.04. The van der Waals surface area contributed by atoms with Gasteiger partial charge in [0.1, 0.15) is 0 Å².